The third-order valence-electron chi connectivity index (χ3n) is 3.23. The van der Waals surface area contributed by atoms with Crippen LogP contribution in [0.15, 0.2) is 36.9 Å². The van der Waals surface area contributed by atoms with E-state index < -0.39 is 11.6 Å². The Bertz CT molecular complexity index is 852. The molecule has 2 N–H and O–H groups in total. The van der Waals surface area contributed by atoms with Crippen LogP contribution in [0.4, 0.5) is 5.82 Å². The Morgan fingerprint density at radius 2 is 2.17 bits per heavy atom. The Balaban J connectivity index is 1.83. The number of H-pyrrole nitrogens is 1. The summed E-state index contributed by atoms with van der Waals surface area (Å²) in [5.74, 6) is 0.230. The summed E-state index contributed by atoms with van der Waals surface area (Å²) >= 11 is 0. The number of aromatic nitrogens is 4. The first kappa shape index (κ1) is 15.9. The van der Waals surface area contributed by atoms with Gasteiger partial charge in [-0.3, -0.25) is 4.98 Å². The van der Waals surface area contributed by atoms with Crippen molar-refractivity contribution in [2.75, 3.05) is 5.32 Å². The van der Waals surface area contributed by atoms with Gasteiger partial charge in [0.05, 0.1) is 5.39 Å². The van der Waals surface area contributed by atoms with Crippen LogP contribution in [-0.4, -0.2) is 31.5 Å². The molecule has 0 spiro atoms. The van der Waals surface area contributed by atoms with Crippen molar-refractivity contribution in [1.29, 1.82) is 0 Å². The molecule has 3 rings (SSSR count). The molecular weight excluding hydrogens is 306 g/mol. The van der Waals surface area contributed by atoms with Crippen LogP contribution in [0.2, 0.25) is 0 Å². The fourth-order valence-corrected chi connectivity index (χ4v) is 2.21. The molecule has 3 heterocycles. The van der Waals surface area contributed by atoms with Crippen LogP contribution in [0.25, 0.3) is 11.0 Å². The molecule has 3 aromatic rings. The summed E-state index contributed by atoms with van der Waals surface area (Å²) in [5, 5.41) is 3.98. The smallest absolute Gasteiger partial charge is 0.355 e. The highest BCUT2D eigenvalue weighted by molar-refractivity contribution is 5.97. The van der Waals surface area contributed by atoms with Crippen molar-refractivity contribution in [3.8, 4) is 0 Å². The molecule has 24 heavy (non-hydrogen) atoms. The number of rotatable bonds is 4. The molecule has 0 unspecified atom stereocenters. The second-order valence-corrected chi connectivity index (χ2v) is 6.38. The number of carbonyl (C=O) groups is 1. The van der Waals surface area contributed by atoms with Crippen molar-refractivity contribution in [2.24, 2.45) is 0 Å². The molecule has 7 heteroatoms. The van der Waals surface area contributed by atoms with Crippen LogP contribution in [0, 0.1) is 0 Å². The number of ether oxygens (including phenoxy) is 1. The molecule has 0 radical (unpaired) electrons. The Labute approximate surface area is 139 Å². The van der Waals surface area contributed by atoms with Gasteiger partial charge in [0, 0.05) is 18.9 Å². The highest BCUT2D eigenvalue weighted by Crippen LogP contribution is 2.22. The quantitative estimate of drug-likeness (QED) is 0.717. The molecule has 0 bridgehead atoms. The van der Waals surface area contributed by atoms with Gasteiger partial charge in [0.15, 0.2) is 0 Å². The first-order valence-electron chi connectivity index (χ1n) is 7.62. The third kappa shape index (κ3) is 3.68. The fraction of sp³-hybridized carbons (Fsp3) is 0.294. The number of aromatic amines is 1. The summed E-state index contributed by atoms with van der Waals surface area (Å²) in [4.78, 5) is 27.7. The maximum absolute atomic E-state index is 12.2. The number of nitrogens with zero attached hydrogens (tertiary/aromatic N) is 3. The van der Waals surface area contributed by atoms with Gasteiger partial charge < -0.3 is 15.0 Å². The van der Waals surface area contributed by atoms with Gasteiger partial charge in [0.2, 0.25) is 0 Å². The Kier molecular flexibility index (Phi) is 4.16. The second kappa shape index (κ2) is 6.27. The first-order valence-corrected chi connectivity index (χ1v) is 7.62. The number of anilines is 1. The average Bonchev–Trinajstić information content (AvgIpc) is 2.97. The zero-order chi connectivity index (χ0) is 17.2. The van der Waals surface area contributed by atoms with Gasteiger partial charge in [-0.15, -0.1) is 0 Å². The largest absolute Gasteiger partial charge is 0.455 e. The van der Waals surface area contributed by atoms with Crippen molar-refractivity contribution < 1.29 is 9.53 Å². The molecule has 3 aromatic heterocycles. The molecule has 124 valence electrons. The highest BCUT2D eigenvalue weighted by Gasteiger charge is 2.20. The van der Waals surface area contributed by atoms with E-state index in [4.69, 9.17) is 4.74 Å². The van der Waals surface area contributed by atoms with E-state index in [-0.39, 0.29) is 0 Å². The number of nitrogens with one attached hydrogen (secondary N) is 2. The number of hydrogen-bond donors (Lipinski definition) is 2. The fourth-order valence-electron chi connectivity index (χ4n) is 2.21. The molecule has 7 nitrogen and oxygen atoms in total. The van der Waals surface area contributed by atoms with E-state index in [0.717, 1.165) is 10.9 Å². The normalized spacial score (nSPS) is 11.5. The van der Waals surface area contributed by atoms with E-state index in [0.29, 0.717) is 23.7 Å². The molecule has 0 aliphatic heterocycles. The summed E-state index contributed by atoms with van der Waals surface area (Å²) in [6.45, 7) is 6.06. The topological polar surface area (TPSA) is 92.8 Å². The molecule has 0 aromatic carbocycles. The van der Waals surface area contributed by atoms with Crippen LogP contribution in [0.1, 0.15) is 36.8 Å². The SMILES string of the molecule is CC(C)(C)OC(=O)c1cc2c(NCc3cccnc3)ncnc2[nH]1. The van der Waals surface area contributed by atoms with E-state index in [1.54, 1.807) is 18.5 Å². The lowest BCUT2D eigenvalue weighted by Crippen LogP contribution is -2.24. The van der Waals surface area contributed by atoms with Crippen LogP contribution < -0.4 is 5.32 Å². The van der Waals surface area contributed by atoms with Gasteiger partial charge in [-0.1, -0.05) is 6.07 Å². The summed E-state index contributed by atoms with van der Waals surface area (Å²) in [7, 11) is 0. The summed E-state index contributed by atoms with van der Waals surface area (Å²) in [5.41, 5.74) is 1.41. The van der Waals surface area contributed by atoms with Gasteiger partial charge in [-0.25, -0.2) is 14.8 Å². The van der Waals surface area contributed by atoms with Crippen molar-refractivity contribution in [3.63, 3.8) is 0 Å². The second-order valence-electron chi connectivity index (χ2n) is 6.38. The van der Waals surface area contributed by atoms with Crippen molar-refractivity contribution in [2.45, 2.75) is 32.9 Å². The summed E-state index contributed by atoms with van der Waals surface area (Å²) < 4.78 is 5.38. The van der Waals surface area contributed by atoms with Crippen LogP contribution in [0.5, 0.6) is 0 Å². The molecular formula is C17H19N5O2. The van der Waals surface area contributed by atoms with E-state index in [1.807, 2.05) is 32.9 Å². The number of pyridine rings is 1. The summed E-state index contributed by atoms with van der Waals surface area (Å²) in [6, 6.07) is 5.56. The minimum absolute atomic E-state index is 0.352. The van der Waals surface area contributed by atoms with Crippen LogP contribution in [-0.2, 0) is 11.3 Å². The van der Waals surface area contributed by atoms with Gasteiger partial charge >= 0.3 is 5.97 Å². The maximum atomic E-state index is 12.2. The van der Waals surface area contributed by atoms with Crippen LogP contribution in [0.3, 0.4) is 0 Å². The van der Waals surface area contributed by atoms with Crippen molar-refractivity contribution in [3.05, 3.63) is 48.2 Å². The summed E-state index contributed by atoms with van der Waals surface area (Å²) in [6.07, 6.45) is 4.96. The van der Waals surface area contributed by atoms with Gasteiger partial charge in [0.1, 0.15) is 29.1 Å². The molecule has 0 atom stereocenters. The van der Waals surface area contributed by atoms with E-state index in [9.17, 15) is 4.79 Å². The van der Waals surface area contributed by atoms with Gasteiger partial charge in [0.25, 0.3) is 0 Å². The lowest BCUT2D eigenvalue weighted by atomic mass is 10.2. The monoisotopic (exact) mass is 325 g/mol. The number of fused-ring (bicyclic) bond motifs is 1. The standard InChI is InChI=1S/C17H19N5O2/c1-17(2,3)24-16(23)13-7-12-14(20-10-21-15(12)22-13)19-9-11-5-4-6-18-8-11/h4-8,10H,9H2,1-3H3,(H2,19,20,21,22). The third-order valence-corrected chi connectivity index (χ3v) is 3.23. The van der Waals surface area contributed by atoms with Crippen molar-refractivity contribution >= 4 is 22.8 Å². The molecule has 0 aliphatic carbocycles. The van der Waals surface area contributed by atoms with Gasteiger partial charge in [-0.05, 0) is 38.5 Å². The Morgan fingerprint density at radius 3 is 2.88 bits per heavy atom. The predicted molar refractivity (Wildman–Crippen MR) is 90.6 cm³/mol. The predicted octanol–water partition coefficient (Wildman–Crippen LogP) is 2.92. The zero-order valence-corrected chi connectivity index (χ0v) is 13.8. The highest BCUT2D eigenvalue weighted by atomic mass is 16.6. The van der Waals surface area contributed by atoms with Gasteiger partial charge in [-0.2, -0.15) is 0 Å². The first-order chi connectivity index (χ1) is 11.4. The van der Waals surface area contributed by atoms with E-state index in [1.165, 1.54) is 6.33 Å². The zero-order valence-electron chi connectivity index (χ0n) is 13.8. The lowest BCUT2D eigenvalue weighted by molar-refractivity contribution is 0.00638. The Hall–Kier alpha value is -2.96. The molecule has 0 saturated heterocycles. The lowest BCUT2D eigenvalue weighted by Gasteiger charge is -2.18. The number of esters is 1. The number of hydrogen-bond acceptors (Lipinski definition) is 6. The average molecular weight is 325 g/mol. The number of carbonyl (C=O) groups excluding carboxylic acids is 1. The minimum atomic E-state index is -0.554. The Morgan fingerprint density at radius 1 is 1.33 bits per heavy atom. The van der Waals surface area contributed by atoms with E-state index >= 15 is 0 Å². The molecule has 0 saturated carbocycles. The maximum Gasteiger partial charge on any atom is 0.355 e. The molecule has 0 aliphatic rings. The molecule has 0 amide bonds. The molecule has 0 fully saturated rings. The minimum Gasteiger partial charge on any atom is -0.455 e. The van der Waals surface area contributed by atoms with Crippen molar-refractivity contribution in [1.82, 2.24) is 19.9 Å². The van der Waals surface area contributed by atoms with Crippen LogP contribution >= 0.6 is 0 Å². The van der Waals surface area contributed by atoms with E-state index in [2.05, 4.69) is 25.3 Å².